The molecule has 0 aliphatic rings. The zero-order chi connectivity index (χ0) is 9.84. The number of aldehydes is 1. The maximum absolute atomic E-state index is 10.5. The van der Waals surface area contributed by atoms with Crippen molar-refractivity contribution < 1.29 is 9.90 Å². The van der Waals surface area contributed by atoms with Crippen LogP contribution in [0, 0.1) is 0 Å². The van der Waals surface area contributed by atoms with Crippen LogP contribution in [0.3, 0.4) is 0 Å². The molecule has 0 bridgehead atoms. The molecule has 0 saturated carbocycles. The number of benzene rings is 1. The number of aromatic hydroxyl groups is 1. The average molecular weight is 260 g/mol. The topological polar surface area (TPSA) is 40.5 Å². The quantitative estimate of drug-likeness (QED) is 0.843. The van der Waals surface area contributed by atoms with Crippen LogP contribution >= 0.6 is 17.0 Å². The second kappa shape index (κ2) is 5.78. The third kappa shape index (κ3) is 3.47. The first-order valence-corrected chi connectivity index (χ1v) is 4.05. The summed E-state index contributed by atoms with van der Waals surface area (Å²) >= 11 is 0. The second-order valence-corrected chi connectivity index (χ2v) is 3.24. The lowest BCUT2D eigenvalue weighted by Crippen LogP contribution is -2.10. The molecule has 1 aromatic carbocycles. The van der Waals surface area contributed by atoms with Crippen molar-refractivity contribution in [2.45, 2.75) is 6.54 Å². The summed E-state index contributed by atoms with van der Waals surface area (Å²) in [5.74, 6) is 0.235. The Balaban J connectivity index is 0.00000169. The Morgan fingerprint density at radius 3 is 2.57 bits per heavy atom. The third-order valence-corrected chi connectivity index (χ3v) is 1.73. The number of nitrogens with zero attached hydrogens (tertiary/aromatic N) is 1. The first-order chi connectivity index (χ1) is 6.13. The van der Waals surface area contributed by atoms with Gasteiger partial charge in [-0.1, -0.05) is 0 Å². The minimum Gasteiger partial charge on any atom is -0.508 e. The molecule has 0 aliphatic carbocycles. The zero-order valence-corrected chi connectivity index (χ0v) is 9.94. The Labute approximate surface area is 94.1 Å². The summed E-state index contributed by atoms with van der Waals surface area (Å²) < 4.78 is 0. The van der Waals surface area contributed by atoms with Gasteiger partial charge in [0.2, 0.25) is 0 Å². The highest BCUT2D eigenvalue weighted by atomic mass is 79.9. The summed E-state index contributed by atoms with van der Waals surface area (Å²) in [6.45, 7) is 0.632. The minimum atomic E-state index is 0. The van der Waals surface area contributed by atoms with E-state index in [9.17, 15) is 9.90 Å². The Kier molecular flexibility index (Phi) is 5.42. The number of halogens is 1. The molecule has 0 atom stereocenters. The molecule has 3 nitrogen and oxygen atoms in total. The lowest BCUT2D eigenvalue weighted by molar-refractivity contribution is 0.112. The second-order valence-electron chi connectivity index (χ2n) is 3.24. The molecule has 0 saturated heterocycles. The summed E-state index contributed by atoms with van der Waals surface area (Å²) in [5, 5.41) is 9.44. The van der Waals surface area contributed by atoms with E-state index >= 15 is 0 Å². The van der Waals surface area contributed by atoms with Gasteiger partial charge in [-0.05, 0) is 32.3 Å². The summed E-state index contributed by atoms with van der Waals surface area (Å²) in [4.78, 5) is 12.4. The highest BCUT2D eigenvalue weighted by Crippen LogP contribution is 2.18. The fraction of sp³-hybridized carbons (Fsp3) is 0.300. The van der Waals surface area contributed by atoms with Crippen molar-refractivity contribution in [1.82, 2.24) is 4.90 Å². The molecule has 4 heteroatoms. The molecule has 0 radical (unpaired) electrons. The first-order valence-electron chi connectivity index (χ1n) is 4.05. The van der Waals surface area contributed by atoms with Crippen LogP contribution in [0.4, 0.5) is 0 Å². The number of carbonyl (C=O) groups excluding carboxylic acids is 1. The first kappa shape index (κ1) is 13.1. The van der Waals surface area contributed by atoms with Gasteiger partial charge in [0.25, 0.3) is 0 Å². The van der Waals surface area contributed by atoms with E-state index in [2.05, 4.69) is 0 Å². The molecule has 14 heavy (non-hydrogen) atoms. The van der Waals surface area contributed by atoms with Gasteiger partial charge in [0, 0.05) is 17.7 Å². The molecule has 0 heterocycles. The third-order valence-electron chi connectivity index (χ3n) is 1.73. The Morgan fingerprint density at radius 2 is 2.07 bits per heavy atom. The van der Waals surface area contributed by atoms with Gasteiger partial charge in [-0.25, -0.2) is 0 Å². The van der Waals surface area contributed by atoms with Gasteiger partial charge < -0.3 is 10.0 Å². The van der Waals surface area contributed by atoms with E-state index < -0.39 is 0 Å². The number of carbonyl (C=O) groups is 1. The summed E-state index contributed by atoms with van der Waals surface area (Å²) in [6.07, 6.45) is 0.776. The van der Waals surface area contributed by atoms with Crippen molar-refractivity contribution in [3.05, 3.63) is 29.3 Å². The molecule has 0 aromatic heterocycles. The SMILES string of the molecule is Br.CN(C)Cc1cc(C=O)ccc1O. The largest absolute Gasteiger partial charge is 0.508 e. The zero-order valence-electron chi connectivity index (χ0n) is 8.23. The number of hydrogen-bond acceptors (Lipinski definition) is 3. The number of phenolic OH excluding ortho intramolecular Hbond substituents is 1. The van der Waals surface area contributed by atoms with Crippen LogP contribution in [-0.4, -0.2) is 30.4 Å². The fourth-order valence-corrected chi connectivity index (χ4v) is 1.15. The van der Waals surface area contributed by atoms with Crippen LogP contribution in [0.1, 0.15) is 15.9 Å². The lowest BCUT2D eigenvalue weighted by Gasteiger charge is -2.11. The standard InChI is InChI=1S/C10H13NO2.BrH/c1-11(2)6-9-5-8(7-12)3-4-10(9)13;/h3-5,7,13H,6H2,1-2H3;1H. The van der Waals surface area contributed by atoms with Crippen LogP contribution < -0.4 is 0 Å². The van der Waals surface area contributed by atoms with Crippen LogP contribution in [0.5, 0.6) is 5.75 Å². The average Bonchev–Trinajstić information content (AvgIpc) is 2.08. The van der Waals surface area contributed by atoms with E-state index in [1.54, 1.807) is 18.2 Å². The Bertz CT molecular complexity index is 313. The van der Waals surface area contributed by atoms with Gasteiger partial charge in [-0.2, -0.15) is 0 Å². The van der Waals surface area contributed by atoms with Gasteiger partial charge in [-0.15, -0.1) is 17.0 Å². The van der Waals surface area contributed by atoms with Gasteiger partial charge in [0.1, 0.15) is 12.0 Å². The van der Waals surface area contributed by atoms with Gasteiger partial charge in [0.05, 0.1) is 0 Å². The van der Waals surface area contributed by atoms with E-state index in [1.165, 1.54) is 0 Å². The smallest absolute Gasteiger partial charge is 0.150 e. The van der Waals surface area contributed by atoms with E-state index in [4.69, 9.17) is 0 Å². The van der Waals surface area contributed by atoms with Crippen molar-refractivity contribution in [3.8, 4) is 5.75 Å². The Hall–Kier alpha value is -0.870. The molecule has 0 amide bonds. The molecule has 1 rings (SSSR count). The van der Waals surface area contributed by atoms with Crippen molar-refractivity contribution in [1.29, 1.82) is 0 Å². The highest BCUT2D eigenvalue weighted by Gasteiger charge is 2.03. The summed E-state index contributed by atoms with van der Waals surface area (Å²) in [7, 11) is 3.82. The molecule has 1 N–H and O–H groups in total. The van der Waals surface area contributed by atoms with Crippen LogP contribution in [-0.2, 0) is 6.54 Å². The van der Waals surface area contributed by atoms with Crippen molar-refractivity contribution >= 4 is 23.3 Å². The maximum atomic E-state index is 10.5. The van der Waals surface area contributed by atoms with Gasteiger partial charge >= 0.3 is 0 Å². The molecule has 0 spiro atoms. The molecule has 78 valence electrons. The molecule has 1 aromatic rings. The predicted molar refractivity (Wildman–Crippen MR) is 61.2 cm³/mol. The maximum Gasteiger partial charge on any atom is 0.150 e. The fourth-order valence-electron chi connectivity index (χ4n) is 1.15. The van der Waals surface area contributed by atoms with Crippen molar-refractivity contribution in [2.24, 2.45) is 0 Å². The summed E-state index contributed by atoms with van der Waals surface area (Å²) in [5.41, 5.74) is 1.37. The van der Waals surface area contributed by atoms with Crippen LogP contribution in [0.2, 0.25) is 0 Å². The number of hydrogen-bond donors (Lipinski definition) is 1. The molecule has 0 unspecified atom stereocenters. The van der Waals surface area contributed by atoms with Gasteiger partial charge in [0.15, 0.2) is 0 Å². The minimum absolute atomic E-state index is 0. The molecule has 0 fully saturated rings. The van der Waals surface area contributed by atoms with E-state index in [1.807, 2.05) is 19.0 Å². The van der Waals surface area contributed by atoms with Crippen molar-refractivity contribution in [3.63, 3.8) is 0 Å². The van der Waals surface area contributed by atoms with Crippen molar-refractivity contribution in [2.75, 3.05) is 14.1 Å². The van der Waals surface area contributed by atoms with Gasteiger partial charge in [-0.3, -0.25) is 4.79 Å². The molecular formula is C10H14BrNO2. The van der Waals surface area contributed by atoms with E-state index in [-0.39, 0.29) is 22.7 Å². The molecular weight excluding hydrogens is 246 g/mol. The van der Waals surface area contributed by atoms with Crippen LogP contribution in [0.25, 0.3) is 0 Å². The normalized spacial score (nSPS) is 9.64. The van der Waals surface area contributed by atoms with E-state index in [0.29, 0.717) is 12.1 Å². The van der Waals surface area contributed by atoms with E-state index in [0.717, 1.165) is 11.8 Å². The molecule has 0 aliphatic heterocycles. The number of phenols is 1. The Morgan fingerprint density at radius 1 is 1.43 bits per heavy atom. The monoisotopic (exact) mass is 259 g/mol. The number of rotatable bonds is 3. The predicted octanol–water partition coefficient (Wildman–Crippen LogP) is 1.84. The highest BCUT2D eigenvalue weighted by molar-refractivity contribution is 8.93. The van der Waals surface area contributed by atoms with Crippen LogP contribution in [0.15, 0.2) is 18.2 Å². The lowest BCUT2D eigenvalue weighted by atomic mass is 10.1. The summed E-state index contributed by atoms with van der Waals surface area (Å²) in [6, 6.07) is 4.84.